The third-order valence-corrected chi connectivity index (χ3v) is 4.19. The fraction of sp³-hybridized carbons (Fsp3) is 0. The van der Waals surface area contributed by atoms with E-state index in [1.54, 1.807) is 0 Å². The monoisotopic (exact) mass is 364 g/mol. The van der Waals surface area contributed by atoms with Crippen LogP contribution in [-0.4, -0.2) is 11.4 Å². The van der Waals surface area contributed by atoms with E-state index in [2.05, 4.69) is 15.3 Å². The van der Waals surface area contributed by atoms with Gasteiger partial charge < -0.3 is 11.1 Å². The van der Waals surface area contributed by atoms with Crippen LogP contribution in [0.25, 0.3) is 0 Å². The second kappa shape index (κ2) is 8.18. The first kappa shape index (κ1) is 17.5. The molecule has 0 bridgehead atoms. The number of rotatable bonds is 4. The molecule has 1 aliphatic carbocycles. The van der Waals surface area contributed by atoms with Gasteiger partial charge in [-0.05, 0) is 85.0 Å². The number of nitrogens with zero attached hydrogens (tertiary/aromatic N) is 2. The standard InChI is InChI=1S/C24H20N4/c25-18-6-8-20(9-7-18)27-22-14-16-24(17-15-22)28-23-12-10-21(11-13-23)26-19-4-2-1-3-5-19/h1-17,26H,25H2. The number of benzene rings is 3. The summed E-state index contributed by atoms with van der Waals surface area (Å²) in [6, 6.07) is 25.6. The summed E-state index contributed by atoms with van der Waals surface area (Å²) in [7, 11) is 0. The highest BCUT2D eigenvalue weighted by atomic mass is 14.9. The van der Waals surface area contributed by atoms with Crippen molar-refractivity contribution < 1.29 is 0 Å². The zero-order valence-electron chi connectivity index (χ0n) is 15.3. The van der Waals surface area contributed by atoms with Crippen LogP contribution in [0.15, 0.2) is 113 Å². The molecule has 0 atom stereocenters. The van der Waals surface area contributed by atoms with Gasteiger partial charge in [-0.3, -0.25) is 0 Å². The van der Waals surface area contributed by atoms with Crippen molar-refractivity contribution in [3.8, 4) is 0 Å². The summed E-state index contributed by atoms with van der Waals surface area (Å²) in [5.74, 6) is 0. The number of anilines is 3. The summed E-state index contributed by atoms with van der Waals surface area (Å²) < 4.78 is 0. The Morgan fingerprint density at radius 1 is 0.536 bits per heavy atom. The molecule has 0 radical (unpaired) electrons. The van der Waals surface area contributed by atoms with Gasteiger partial charge in [0.05, 0.1) is 22.8 Å². The molecule has 0 heterocycles. The molecule has 0 aliphatic heterocycles. The van der Waals surface area contributed by atoms with Crippen LogP contribution in [0.3, 0.4) is 0 Å². The number of nitrogens with two attached hydrogens (primary N) is 1. The molecule has 3 N–H and O–H groups in total. The third kappa shape index (κ3) is 4.62. The predicted molar refractivity (Wildman–Crippen MR) is 119 cm³/mol. The topological polar surface area (TPSA) is 62.8 Å². The molecule has 3 aromatic rings. The Morgan fingerprint density at radius 3 is 1.54 bits per heavy atom. The predicted octanol–water partition coefficient (Wildman–Crippen LogP) is 5.98. The quantitative estimate of drug-likeness (QED) is 0.441. The van der Waals surface area contributed by atoms with Crippen molar-refractivity contribution in [2.45, 2.75) is 0 Å². The van der Waals surface area contributed by atoms with E-state index in [1.165, 1.54) is 0 Å². The maximum atomic E-state index is 5.70. The van der Waals surface area contributed by atoms with Crippen LogP contribution >= 0.6 is 0 Å². The van der Waals surface area contributed by atoms with E-state index in [0.717, 1.165) is 39.9 Å². The summed E-state index contributed by atoms with van der Waals surface area (Å²) in [6.45, 7) is 0. The zero-order valence-corrected chi connectivity index (χ0v) is 15.3. The minimum Gasteiger partial charge on any atom is -0.399 e. The summed E-state index contributed by atoms with van der Waals surface area (Å²) in [6.07, 6.45) is 7.85. The Kier molecular flexibility index (Phi) is 5.11. The first-order valence-corrected chi connectivity index (χ1v) is 9.06. The molecule has 136 valence electrons. The summed E-state index contributed by atoms with van der Waals surface area (Å²) >= 11 is 0. The van der Waals surface area contributed by atoms with Gasteiger partial charge in [0.2, 0.25) is 0 Å². The van der Waals surface area contributed by atoms with E-state index in [1.807, 2.05) is 103 Å². The lowest BCUT2D eigenvalue weighted by Gasteiger charge is -2.07. The first-order valence-electron chi connectivity index (χ1n) is 9.06. The molecule has 0 aromatic heterocycles. The van der Waals surface area contributed by atoms with E-state index in [4.69, 9.17) is 5.73 Å². The smallest absolute Gasteiger partial charge is 0.0638 e. The molecule has 0 amide bonds. The number of aliphatic imine (C=N–C) groups is 2. The lowest BCUT2D eigenvalue weighted by Crippen LogP contribution is -1.99. The molecule has 4 rings (SSSR count). The van der Waals surface area contributed by atoms with Gasteiger partial charge in [-0.1, -0.05) is 18.2 Å². The Balaban J connectivity index is 1.42. The van der Waals surface area contributed by atoms with Gasteiger partial charge in [0, 0.05) is 17.1 Å². The molecule has 4 heteroatoms. The first-order chi connectivity index (χ1) is 13.7. The van der Waals surface area contributed by atoms with Crippen LogP contribution in [-0.2, 0) is 0 Å². The lowest BCUT2D eigenvalue weighted by molar-refractivity contribution is 1.49. The fourth-order valence-electron chi connectivity index (χ4n) is 2.76. The van der Waals surface area contributed by atoms with Crippen LogP contribution < -0.4 is 11.1 Å². The number of para-hydroxylation sites is 1. The Hall–Kier alpha value is -3.92. The summed E-state index contributed by atoms with van der Waals surface area (Å²) in [4.78, 5) is 9.24. The fourth-order valence-corrected chi connectivity index (χ4v) is 2.76. The van der Waals surface area contributed by atoms with Gasteiger partial charge in [-0.25, -0.2) is 9.98 Å². The molecule has 0 saturated carbocycles. The molecule has 0 spiro atoms. The minimum atomic E-state index is 0.734. The maximum Gasteiger partial charge on any atom is 0.0638 e. The number of allylic oxidation sites excluding steroid dienone is 4. The van der Waals surface area contributed by atoms with Crippen molar-refractivity contribution >= 4 is 39.9 Å². The molecule has 3 aromatic carbocycles. The second-order valence-corrected chi connectivity index (χ2v) is 6.37. The largest absolute Gasteiger partial charge is 0.399 e. The average molecular weight is 364 g/mol. The molecule has 0 saturated heterocycles. The van der Waals surface area contributed by atoms with Gasteiger partial charge in [0.25, 0.3) is 0 Å². The molecule has 4 nitrogen and oxygen atoms in total. The Bertz CT molecular complexity index is 1040. The highest BCUT2D eigenvalue weighted by Crippen LogP contribution is 2.21. The van der Waals surface area contributed by atoms with Gasteiger partial charge >= 0.3 is 0 Å². The molecular weight excluding hydrogens is 344 g/mol. The SMILES string of the molecule is Nc1ccc(N=C2C=CC(=Nc3ccc(Nc4ccccc4)cc3)C=C2)cc1. The van der Waals surface area contributed by atoms with Crippen LogP contribution in [0, 0.1) is 0 Å². The van der Waals surface area contributed by atoms with Gasteiger partial charge in [0.15, 0.2) is 0 Å². The normalized spacial score (nSPS) is 12.7. The minimum absolute atomic E-state index is 0.734. The number of nitrogen functional groups attached to an aromatic ring is 1. The van der Waals surface area contributed by atoms with E-state index in [-0.39, 0.29) is 0 Å². The Morgan fingerprint density at radius 2 is 1.00 bits per heavy atom. The summed E-state index contributed by atoms with van der Waals surface area (Å²) in [5, 5.41) is 3.37. The maximum absolute atomic E-state index is 5.70. The molecular formula is C24H20N4. The number of hydrogen-bond acceptors (Lipinski definition) is 4. The van der Waals surface area contributed by atoms with Crippen LogP contribution in [0.2, 0.25) is 0 Å². The molecule has 0 unspecified atom stereocenters. The lowest BCUT2D eigenvalue weighted by atomic mass is 10.1. The number of nitrogens with one attached hydrogen (secondary N) is 1. The van der Waals surface area contributed by atoms with Crippen molar-refractivity contribution in [1.29, 1.82) is 0 Å². The van der Waals surface area contributed by atoms with Crippen molar-refractivity contribution in [3.63, 3.8) is 0 Å². The summed E-state index contributed by atoms with van der Waals surface area (Å²) in [5.41, 5.74) is 12.1. The van der Waals surface area contributed by atoms with E-state index >= 15 is 0 Å². The highest BCUT2D eigenvalue weighted by Gasteiger charge is 2.01. The van der Waals surface area contributed by atoms with Crippen LogP contribution in [0.5, 0.6) is 0 Å². The van der Waals surface area contributed by atoms with Crippen molar-refractivity contribution in [2.75, 3.05) is 11.1 Å². The van der Waals surface area contributed by atoms with Gasteiger partial charge in [0.1, 0.15) is 0 Å². The zero-order chi connectivity index (χ0) is 19.2. The Labute approximate surface area is 164 Å². The highest BCUT2D eigenvalue weighted by molar-refractivity contribution is 6.19. The van der Waals surface area contributed by atoms with E-state index < -0.39 is 0 Å². The van der Waals surface area contributed by atoms with Crippen molar-refractivity contribution in [1.82, 2.24) is 0 Å². The molecule has 1 aliphatic rings. The van der Waals surface area contributed by atoms with Crippen molar-refractivity contribution in [3.05, 3.63) is 103 Å². The van der Waals surface area contributed by atoms with Crippen LogP contribution in [0.1, 0.15) is 0 Å². The van der Waals surface area contributed by atoms with Crippen molar-refractivity contribution in [2.24, 2.45) is 9.98 Å². The van der Waals surface area contributed by atoms with E-state index in [0.29, 0.717) is 0 Å². The van der Waals surface area contributed by atoms with E-state index in [9.17, 15) is 0 Å². The average Bonchev–Trinajstić information content (AvgIpc) is 2.73. The number of hydrogen-bond donors (Lipinski definition) is 2. The molecule has 0 fully saturated rings. The van der Waals surface area contributed by atoms with Crippen LogP contribution in [0.4, 0.5) is 28.4 Å². The second-order valence-electron chi connectivity index (χ2n) is 6.37. The van der Waals surface area contributed by atoms with Gasteiger partial charge in [-0.15, -0.1) is 0 Å². The van der Waals surface area contributed by atoms with Gasteiger partial charge in [-0.2, -0.15) is 0 Å². The third-order valence-electron chi connectivity index (χ3n) is 4.19. The molecule has 28 heavy (non-hydrogen) atoms.